The summed E-state index contributed by atoms with van der Waals surface area (Å²) in [7, 11) is -2.47. The molecule has 0 aliphatic carbocycles. The molecular formula is C15H15ClFN3O3S2. The van der Waals surface area contributed by atoms with Crippen LogP contribution in [0.3, 0.4) is 0 Å². The minimum Gasteiger partial charge on any atom is -0.325 e. The van der Waals surface area contributed by atoms with E-state index < -0.39 is 34.0 Å². The molecule has 0 bridgehead atoms. The van der Waals surface area contributed by atoms with Crippen LogP contribution in [-0.4, -0.2) is 31.7 Å². The van der Waals surface area contributed by atoms with Crippen molar-refractivity contribution in [1.29, 1.82) is 0 Å². The van der Waals surface area contributed by atoms with Crippen molar-refractivity contribution < 1.29 is 17.6 Å². The monoisotopic (exact) mass is 403 g/mol. The largest absolute Gasteiger partial charge is 0.325 e. The van der Waals surface area contributed by atoms with Crippen molar-refractivity contribution in [2.45, 2.75) is 18.5 Å². The van der Waals surface area contributed by atoms with Gasteiger partial charge in [0.15, 0.2) is 0 Å². The zero-order valence-corrected chi connectivity index (χ0v) is 15.5. The Labute approximate surface area is 153 Å². The Morgan fingerprint density at radius 1 is 1.44 bits per heavy atom. The first-order valence-corrected chi connectivity index (χ1v) is 10.0. The Kier molecular flexibility index (Phi) is 5.12. The van der Waals surface area contributed by atoms with E-state index in [0.29, 0.717) is 0 Å². The van der Waals surface area contributed by atoms with E-state index in [9.17, 15) is 17.6 Å². The molecule has 2 atom stereocenters. The van der Waals surface area contributed by atoms with Gasteiger partial charge in [0.25, 0.3) is 10.2 Å². The lowest BCUT2D eigenvalue weighted by Crippen LogP contribution is -2.55. The zero-order valence-electron chi connectivity index (χ0n) is 13.1. The smallest absolute Gasteiger partial charge is 0.280 e. The Morgan fingerprint density at radius 3 is 2.84 bits per heavy atom. The fourth-order valence-electron chi connectivity index (χ4n) is 2.59. The Balaban J connectivity index is 1.83. The molecule has 10 heteroatoms. The third kappa shape index (κ3) is 3.85. The number of rotatable bonds is 3. The molecule has 25 heavy (non-hydrogen) atoms. The van der Waals surface area contributed by atoms with E-state index in [4.69, 9.17) is 11.6 Å². The second-order valence-electron chi connectivity index (χ2n) is 5.58. The maximum absolute atomic E-state index is 13.5. The van der Waals surface area contributed by atoms with Gasteiger partial charge in [0, 0.05) is 17.6 Å². The summed E-state index contributed by atoms with van der Waals surface area (Å²) in [5, 5.41) is 4.33. The highest BCUT2D eigenvalue weighted by atomic mass is 35.5. The van der Waals surface area contributed by atoms with E-state index in [2.05, 4.69) is 10.0 Å². The lowest BCUT2D eigenvalue weighted by molar-refractivity contribution is -0.120. The van der Waals surface area contributed by atoms with Crippen LogP contribution in [0.5, 0.6) is 0 Å². The molecule has 1 aliphatic heterocycles. The van der Waals surface area contributed by atoms with Crippen molar-refractivity contribution in [2.24, 2.45) is 0 Å². The SMILES string of the molecule is CN1C(C(=O)Nc2ccc(Cl)c(F)c2)CC(c2cccs2)NS1(=O)=O. The first-order valence-electron chi connectivity index (χ1n) is 7.32. The Hall–Kier alpha value is -1.52. The number of anilines is 1. The van der Waals surface area contributed by atoms with Gasteiger partial charge in [0.2, 0.25) is 5.91 Å². The number of hydrogen-bond donors (Lipinski definition) is 2. The van der Waals surface area contributed by atoms with Crippen molar-refractivity contribution in [3.05, 3.63) is 51.4 Å². The van der Waals surface area contributed by atoms with Gasteiger partial charge < -0.3 is 5.32 Å². The van der Waals surface area contributed by atoms with E-state index in [1.54, 1.807) is 0 Å². The molecule has 3 rings (SSSR count). The molecule has 0 saturated carbocycles. The van der Waals surface area contributed by atoms with Gasteiger partial charge in [-0.05, 0) is 36.1 Å². The van der Waals surface area contributed by atoms with Crippen molar-refractivity contribution in [3.63, 3.8) is 0 Å². The molecular weight excluding hydrogens is 389 g/mol. The topological polar surface area (TPSA) is 78.5 Å². The van der Waals surface area contributed by atoms with Gasteiger partial charge in [0.1, 0.15) is 11.9 Å². The van der Waals surface area contributed by atoms with Crippen molar-refractivity contribution in [3.8, 4) is 0 Å². The molecule has 1 saturated heterocycles. The minimum absolute atomic E-state index is 0.0580. The predicted molar refractivity (Wildman–Crippen MR) is 95.3 cm³/mol. The molecule has 0 spiro atoms. The maximum atomic E-state index is 13.5. The van der Waals surface area contributed by atoms with Gasteiger partial charge in [-0.1, -0.05) is 17.7 Å². The second-order valence-corrected chi connectivity index (χ2v) is 8.73. The van der Waals surface area contributed by atoms with E-state index >= 15 is 0 Å². The average Bonchev–Trinajstić information content (AvgIpc) is 3.07. The van der Waals surface area contributed by atoms with Gasteiger partial charge in [-0.2, -0.15) is 17.4 Å². The highest BCUT2D eigenvalue weighted by Crippen LogP contribution is 2.31. The van der Waals surface area contributed by atoms with Crippen LogP contribution in [-0.2, 0) is 15.0 Å². The summed E-state index contributed by atoms with van der Waals surface area (Å²) < 4.78 is 41.7. The van der Waals surface area contributed by atoms with Crippen molar-refractivity contribution in [1.82, 2.24) is 9.03 Å². The lowest BCUT2D eigenvalue weighted by atomic mass is 10.1. The molecule has 2 unspecified atom stereocenters. The number of carbonyl (C=O) groups is 1. The Morgan fingerprint density at radius 2 is 2.20 bits per heavy atom. The maximum Gasteiger partial charge on any atom is 0.280 e. The first-order chi connectivity index (χ1) is 11.8. The van der Waals surface area contributed by atoms with Gasteiger partial charge in [-0.3, -0.25) is 4.79 Å². The summed E-state index contributed by atoms with van der Waals surface area (Å²) in [5.41, 5.74) is 0.212. The number of carbonyl (C=O) groups excluding carboxylic acids is 1. The van der Waals surface area contributed by atoms with Crippen LogP contribution >= 0.6 is 22.9 Å². The van der Waals surface area contributed by atoms with E-state index in [0.717, 1.165) is 15.2 Å². The predicted octanol–water partition coefficient (Wildman–Crippen LogP) is 2.76. The van der Waals surface area contributed by atoms with Crippen molar-refractivity contribution >= 4 is 44.7 Å². The molecule has 6 nitrogen and oxygen atoms in total. The Bertz CT molecular complexity index is 889. The number of amides is 1. The molecule has 0 radical (unpaired) electrons. The number of halogens is 2. The fourth-order valence-corrected chi connectivity index (χ4v) is 4.83. The van der Waals surface area contributed by atoms with Crippen molar-refractivity contribution in [2.75, 3.05) is 12.4 Å². The van der Waals surface area contributed by atoms with Crippen LogP contribution in [0.2, 0.25) is 5.02 Å². The third-order valence-electron chi connectivity index (χ3n) is 3.94. The normalized spacial score (nSPS) is 23.3. The highest BCUT2D eigenvalue weighted by Gasteiger charge is 2.40. The summed E-state index contributed by atoms with van der Waals surface area (Å²) in [6.45, 7) is 0. The molecule has 1 aromatic heterocycles. The summed E-state index contributed by atoms with van der Waals surface area (Å²) >= 11 is 7.03. The molecule has 1 fully saturated rings. The van der Waals surface area contributed by atoms with Gasteiger partial charge >= 0.3 is 0 Å². The summed E-state index contributed by atoms with van der Waals surface area (Å²) in [4.78, 5) is 13.4. The van der Waals surface area contributed by atoms with Crippen LogP contribution < -0.4 is 10.0 Å². The number of hydrogen-bond acceptors (Lipinski definition) is 4. The summed E-state index contributed by atoms with van der Waals surface area (Å²) in [6, 6.07) is 6.09. The van der Waals surface area contributed by atoms with Crippen LogP contribution in [0.25, 0.3) is 0 Å². The molecule has 1 aliphatic rings. The summed E-state index contributed by atoms with van der Waals surface area (Å²) in [6.07, 6.45) is 0.262. The molecule has 2 N–H and O–H groups in total. The standard InChI is InChI=1S/C15H15ClFN3O3S2/c1-20-13(15(21)18-9-4-5-10(16)11(17)7-9)8-12(19-25(20,22)23)14-3-2-6-24-14/h2-7,12-13,19H,8H2,1H3,(H,18,21). The van der Waals surface area contributed by atoms with Gasteiger partial charge in [0.05, 0.1) is 11.1 Å². The molecule has 1 aromatic carbocycles. The number of benzene rings is 1. The molecule has 1 amide bonds. The third-order valence-corrected chi connectivity index (χ3v) is 6.83. The van der Waals surface area contributed by atoms with E-state index in [1.165, 1.54) is 30.5 Å². The fraction of sp³-hybridized carbons (Fsp3) is 0.267. The number of likely N-dealkylation sites (N-methyl/N-ethyl adjacent to an activating group) is 1. The van der Waals surface area contributed by atoms with Gasteiger partial charge in [-0.25, -0.2) is 4.39 Å². The number of nitrogens with zero attached hydrogens (tertiary/aromatic N) is 1. The lowest BCUT2D eigenvalue weighted by Gasteiger charge is -2.35. The minimum atomic E-state index is -3.80. The van der Waals surface area contributed by atoms with Crippen LogP contribution in [0.1, 0.15) is 17.3 Å². The van der Waals surface area contributed by atoms with Gasteiger partial charge in [-0.15, -0.1) is 11.3 Å². The molecule has 2 aromatic rings. The highest BCUT2D eigenvalue weighted by molar-refractivity contribution is 7.87. The first kappa shape index (κ1) is 18.3. The second kappa shape index (κ2) is 7.00. The zero-order chi connectivity index (χ0) is 18.2. The quantitative estimate of drug-likeness (QED) is 0.827. The number of thiophene rings is 1. The van der Waals surface area contributed by atoms with E-state index in [-0.39, 0.29) is 17.1 Å². The summed E-state index contributed by atoms with van der Waals surface area (Å²) in [5.74, 6) is -1.20. The average molecular weight is 404 g/mol. The molecule has 134 valence electrons. The van der Waals surface area contributed by atoms with Crippen LogP contribution in [0.15, 0.2) is 35.7 Å². The number of nitrogens with one attached hydrogen (secondary N) is 2. The molecule has 2 heterocycles. The van der Waals surface area contributed by atoms with Crippen LogP contribution in [0.4, 0.5) is 10.1 Å². The van der Waals surface area contributed by atoms with E-state index in [1.807, 2.05) is 17.5 Å². The van der Waals surface area contributed by atoms with Crippen LogP contribution in [0, 0.1) is 5.82 Å².